The van der Waals surface area contributed by atoms with Crippen molar-refractivity contribution in [2.75, 3.05) is 13.1 Å². The average molecular weight is 225 g/mol. The Balaban J connectivity index is 1.94. The Bertz CT molecular complexity index is 250. The molecule has 2 unspecified atom stereocenters. The average Bonchev–Trinajstić information content (AvgIpc) is 2.92. The minimum absolute atomic E-state index is 0.248. The maximum Gasteiger partial charge on any atom is 0.317 e. The Kier molecular flexibility index (Phi) is 3.85. The third-order valence-corrected chi connectivity index (χ3v) is 4.14. The lowest BCUT2D eigenvalue weighted by Gasteiger charge is -2.31. The fourth-order valence-corrected chi connectivity index (χ4v) is 3.10. The molecule has 0 saturated heterocycles. The number of aliphatic carboxylic acids is 1. The van der Waals surface area contributed by atoms with E-state index in [1.807, 2.05) is 0 Å². The molecule has 16 heavy (non-hydrogen) atoms. The molecule has 2 aliphatic carbocycles. The first-order valence-electron chi connectivity index (χ1n) is 6.66. The molecule has 0 spiro atoms. The molecule has 3 nitrogen and oxygen atoms in total. The van der Waals surface area contributed by atoms with Crippen LogP contribution < -0.4 is 0 Å². The Morgan fingerprint density at radius 2 is 2.06 bits per heavy atom. The molecule has 0 heterocycles. The van der Waals surface area contributed by atoms with Gasteiger partial charge in [-0.3, -0.25) is 9.69 Å². The van der Waals surface area contributed by atoms with Crippen LogP contribution in [0.15, 0.2) is 0 Å². The van der Waals surface area contributed by atoms with Gasteiger partial charge in [0.15, 0.2) is 0 Å². The summed E-state index contributed by atoms with van der Waals surface area (Å²) in [5.41, 5.74) is 0. The summed E-state index contributed by atoms with van der Waals surface area (Å²) < 4.78 is 0. The fraction of sp³-hybridized carbons (Fsp3) is 0.923. The molecule has 3 heteroatoms. The second-order valence-corrected chi connectivity index (χ2v) is 5.43. The summed E-state index contributed by atoms with van der Waals surface area (Å²) >= 11 is 0. The molecule has 92 valence electrons. The third kappa shape index (κ3) is 2.97. The van der Waals surface area contributed by atoms with Gasteiger partial charge in [-0.15, -0.1) is 0 Å². The van der Waals surface area contributed by atoms with Crippen molar-refractivity contribution in [3.63, 3.8) is 0 Å². The lowest BCUT2D eigenvalue weighted by Crippen LogP contribution is -2.42. The molecule has 0 aromatic heterocycles. The zero-order chi connectivity index (χ0) is 11.5. The van der Waals surface area contributed by atoms with Gasteiger partial charge in [0.1, 0.15) is 0 Å². The van der Waals surface area contributed by atoms with Crippen molar-refractivity contribution in [1.29, 1.82) is 0 Å². The molecule has 1 N–H and O–H groups in total. The lowest BCUT2D eigenvalue weighted by atomic mass is 9.99. The number of hydrogen-bond donors (Lipinski definition) is 1. The lowest BCUT2D eigenvalue weighted by molar-refractivity contribution is -0.139. The maximum absolute atomic E-state index is 10.9. The number of carboxylic acid groups (broad SMARTS) is 1. The van der Waals surface area contributed by atoms with E-state index in [4.69, 9.17) is 5.11 Å². The highest BCUT2D eigenvalue weighted by molar-refractivity contribution is 5.69. The summed E-state index contributed by atoms with van der Waals surface area (Å²) in [4.78, 5) is 13.2. The van der Waals surface area contributed by atoms with E-state index in [1.165, 1.54) is 38.5 Å². The first-order valence-corrected chi connectivity index (χ1v) is 6.66. The summed E-state index contributed by atoms with van der Waals surface area (Å²) in [6.07, 6.45) is 7.59. The smallest absolute Gasteiger partial charge is 0.317 e. The molecule has 0 aromatic carbocycles. The van der Waals surface area contributed by atoms with Crippen LogP contribution in [0, 0.1) is 11.8 Å². The summed E-state index contributed by atoms with van der Waals surface area (Å²) in [6, 6.07) is 0.543. The van der Waals surface area contributed by atoms with E-state index in [9.17, 15) is 4.79 Å². The SMILES string of the molecule is CCC1CCCC1N(CC(=O)O)CC1CC1. The number of carbonyl (C=O) groups is 1. The Morgan fingerprint density at radius 1 is 1.31 bits per heavy atom. The van der Waals surface area contributed by atoms with Gasteiger partial charge in [0.25, 0.3) is 0 Å². The molecule has 2 fully saturated rings. The molecule has 2 aliphatic rings. The molecule has 0 radical (unpaired) electrons. The summed E-state index contributed by atoms with van der Waals surface area (Å²) in [5, 5.41) is 8.99. The number of rotatable bonds is 6. The zero-order valence-electron chi connectivity index (χ0n) is 10.2. The summed E-state index contributed by atoms with van der Waals surface area (Å²) in [5.74, 6) is 0.859. The molecule has 0 aliphatic heterocycles. The van der Waals surface area contributed by atoms with Gasteiger partial charge < -0.3 is 5.11 Å². The van der Waals surface area contributed by atoms with Gasteiger partial charge in [-0.1, -0.05) is 19.8 Å². The quantitative estimate of drug-likeness (QED) is 0.754. The van der Waals surface area contributed by atoms with Crippen molar-refractivity contribution in [1.82, 2.24) is 4.90 Å². The number of carboxylic acids is 1. The van der Waals surface area contributed by atoms with Crippen LogP contribution >= 0.6 is 0 Å². The Labute approximate surface area is 97.8 Å². The predicted molar refractivity (Wildman–Crippen MR) is 63.4 cm³/mol. The minimum atomic E-state index is -0.664. The van der Waals surface area contributed by atoms with Gasteiger partial charge in [0.2, 0.25) is 0 Å². The molecular formula is C13H23NO2. The molecule has 2 rings (SSSR count). The highest BCUT2D eigenvalue weighted by Crippen LogP contribution is 2.36. The topological polar surface area (TPSA) is 40.5 Å². The van der Waals surface area contributed by atoms with E-state index in [0.29, 0.717) is 6.04 Å². The molecule has 2 saturated carbocycles. The highest BCUT2D eigenvalue weighted by atomic mass is 16.4. The van der Waals surface area contributed by atoms with Crippen LogP contribution in [-0.2, 0) is 4.79 Å². The van der Waals surface area contributed by atoms with Crippen LogP contribution in [0.1, 0.15) is 45.4 Å². The minimum Gasteiger partial charge on any atom is -0.480 e. The predicted octanol–water partition coefficient (Wildman–Crippen LogP) is 2.36. The van der Waals surface area contributed by atoms with Crippen LogP contribution in [0.2, 0.25) is 0 Å². The fourth-order valence-electron chi connectivity index (χ4n) is 3.10. The van der Waals surface area contributed by atoms with E-state index in [-0.39, 0.29) is 6.54 Å². The van der Waals surface area contributed by atoms with Crippen LogP contribution in [0.4, 0.5) is 0 Å². The van der Waals surface area contributed by atoms with Crippen molar-refractivity contribution in [2.45, 2.75) is 51.5 Å². The highest BCUT2D eigenvalue weighted by Gasteiger charge is 2.35. The zero-order valence-corrected chi connectivity index (χ0v) is 10.2. The van der Waals surface area contributed by atoms with E-state index < -0.39 is 5.97 Å². The van der Waals surface area contributed by atoms with Crippen LogP contribution in [0.3, 0.4) is 0 Å². The van der Waals surface area contributed by atoms with Crippen molar-refractivity contribution in [2.24, 2.45) is 11.8 Å². The van der Waals surface area contributed by atoms with Gasteiger partial charge in [-0.05, 0) is 37.5 Å². The summed E-state index contributed by atoms with van der Waals surface area (Å²) in [6.45, 7) is 3.50. The molecule has 0 aromatic rings. The van der Waals surface area contributed by atoms with Crippen molar-refractivity contribution < 1.29 is 9.90 Å². The van der Waals surface area contributed by atoms with Gasteiger partial charge in [-0.25, -0.2) is 0 Å². The standard InChI is InChI=1S/C13H23NO2/c1-2-11-4-3-5-12(11)14(9-13(15)16)8-10-6-7-10/h10-12H,2-9H2,1H3,(H,15,16). The van der Waals surface area contributed by atoms with E-state index in [2.05, 4.69) is 11.8 Å². The van der Waals surface area contributed by atoms with Crippen molar-refractivity contribution in [3.05, 3.63) is 0 Å². The number of hydrogen-bond acceptors (Lipinski definition) is 2. The van der Waals surface area contributed by atoms with Gasteiger partial charge in [-0.2, -0.15) is 0 Å². The van der Waals surface area contributed by atoms with Crippen LogP contribution in [0.25, 0.3) is 0 Å². The van der Waals surface area contributed by atoms with E-state index in [1.54, 1.807) is 0 Å². The van der Waals surface area contributed by atoms with Crippen LogP contribution in [0.5, 0.6) is 0 Å². The molecule has 0 amide bonds. The summed E-state index contributed by atoms with van der Waals surface area (Å²) in [7, 11) is 0. The molecule has 2 atom stereocenters. The monoisotopic (exact) mass is 225 g/mol. The number of nitrogens with zero attached hydrogens (tertiary/aromatic N) is 1. The maximum atomic E-state index is 10.9. The van der Waals surface area contributed by atoms with Crippen molar-refractivity contribution >= 4 is 5.97 Å². The van der Waals surface area contributed by atoms with Gasteiger partial charge in [0.05, 0.1) is 6.54 Å². The van der Waals surface area contributed by atoms with Crippen molar-refractivity contribution in [3.8, 4) is 0 Å². The first kappa shape index (κ1) is 11.9. The van der Waals surface area contributed by atoms with E-state index in [0.717, 1.165) is 18.4 Å². The van der Waals surface area contributed by atoms with Crippen LogP contribution in [-0.4, -0.2) is 35.1 Å². The van der Waals surface area contributed by atoms with Gasteiger partial charge in [0, 0.05) is 12.6 Å². The van der Waals surface area contributed by atoms with Gasteiger partial charge >= 0.3 is 5.97 Å². The second-order valence-electron chi connectivity index (χ2n) is 5.43. The Morgan fingerprint density at radius 3 is 2.62 bits per heavy atom. The molecular weight excluding hydrogens is 202 g/mol. The van der Waals surface area contributed by atoms with E-state index >= 15 is 0 Å². The Hall–Kier alpha value is -0.570. The second kappa shape index (κ2) is 5.17. The normalized spacial score (nSPS) is 29.9. The first-order chi connectivity index (χ1) is 7.70. The largest absolute Gasteiger partial charge is 0.480 e. The molecule has 0 bridgehead atoms. The third-order valence-electron chi connectivity index (χ3n) is 4.14.